The molecule has 2 fully saturated rings. The number of hydrogen-bond donors (Lipinski definition) is 1. The lowest BCUT2D eigenvalue weighted by atomic mass is 9.99. The van der Waals surface area contributed by atoms with Gasteiger partial charge in [-0.25, -0.2) is 0 Å². The van der Waals surface area contributed by atoms with Gasteiger partial charge in [-0.1, -0.05) is 0 Å². The maximum Gasteiger partial charge on any atom is 0.418 e. The first-order valence-corrected chi connectivity index (χ1v) is 7.07. The number of rotatable bonds is 1. The van der Waals surface area contributed by atoms with Gasteiger partial charge in [-0.2, -0.15) is 13.2 Å². The molecule has 9 heteroatoms. The van der Waals surface area contributed by atoms with E-state index in [0.29, 0.717) is 12.6 Å². The quantitative estimate of drug-likeness (QED) is 0.828. The van der Waals surface area contributed by atoms with Crippen LogP contribution in [0.25, 0.3) is 0 Å². The van der Waals surface area contributed by atoms with Gasteiger partial charge in [-0.3, -0.25) is 14.6 Å². The van der Waals surface area contributed by atoms with Crippen LogP contribution in [0.2, 0.25) is 0 Å². The lowest BCUT2D eigenvalue weighted by Crippen LogP contribution is -2.61. The van der Waals surface area contributed by atoms with Gasteiger partial charge in [0, 0.05) is 25.5 Å². The van der Waals surface area contributed by atoms with Crippen molar-refractivity contribution in [2.75, 3.05) is 19.7 Å². The van der Waals surface area contributed by atoms with E-state index in [4.69, 9.17) is 4.74 Å². The minimum atomic E-state index is -4.65. The fraction of sp³-hybridized carbons (Fsp3) is 0.500. The zero-order valence-corrected chi connectivity index (χ0v) is 12.0. The van der Waals surface area contributed by atoms with E-state index in [1.807, 2.05) is 0 Å². The summed E-state index contributed by atoms with van der Waals surface area (Å²) in [5, 5.41) is 2.71. The summed E-state index contributed by atoms with van der Waals surface area (Å²) in [5.41, 5.74) is -1.50. The molecule has 2 atom stereocenters. The lowest BCUT2D eigenvalue weighted by Gasteiger charge is -2.41. The number of carbonyl (C=O) groups is 2. The Morgan fingerprint density at radius 1 is 1.43 bits per heavy atom. The molecule has 2 aliphatic rings. The minimum absolute atomic E-state index is 0.0301. The summed E-state index contributed by atoms with van der Waals surface area (Å²) in [7, 11) is 0. The summed E-state index contributed by atoms with van der Waals surface area (Å²) in [6.07, 6.45) is -2.61. The first-order chi connectivity index (χ1) is 10.9. The number of halogens is 3. The molecular formula is C14H14F3N3O3. The molecule has 23 heavy (non-hydrogen) atoms. The highest BCUT2D eigenvalue weighted by Gasteiger charge is 2.40. The Labute approximate surface area is 129 Å². The molecule has 0 saturated carbocycles. The number of morpholine rings is 1. The topological polar surface area (TPSA) is 71.5 Å². The Bertz CT molecular complexity index is 635. The zero-order valence-electron chi connectivity index (χ0n) is 12.0. The minimum Gasteiger partial charge on any atom is -0.366 e. The van der Waals surface area contributed by atoms with Crippen LogP contribution >= 0.6 is 0 Å². The smallest absolute Gasteiger partial charge is 0.366 e. The number of hydrogen-bond acceptors (Lipinski definition) is 4. The Morgan fingerprint density at radius 3 is 2.96 bits per heavy atom. The molecule has 2 aliphatic heterocycles. The monoisotopic (exact) mass is 329 g/mol. The van der Waals surface area contributed by atoms with Gasteiger partial charge in [0.15, 0.2) is 0 Å². The normalized spacial score (nSPS) is 24.8. The third-order valence-electron chi connectivity index (χ3n) is 3.97. The highest BCUT2D eigenvalue weighted by molar-refractivity contribution is 5.96. The molecule has 0 radical (unpaired) electrons. The van der Waals surface area contributed by atoms with Gasteiger partial charge >= 0.3 is 6.18 Å². The average Bonchev–Trinajstić information content (AvgIpc) is 2.52. The number of alkyl halides is 3. The first-order valence-electron chi connectivity index (χ1n) is 7.07. The zero-order chi connectivity index (χ0) is 16.6. The summed E-state index contributed by atoms with van der Waals surface area (Å²) >= 11 is 0. The van der Waals surface area contributed by atoms with E-state index in [1.54, 1.807) is 0 Å². The van der Waals surface area contributed by atoms with E-state index >= 15 is 0 Å². The number of pyridine rings is 1. The molecule has 1 N–H and O–H groups in total. The van der Waals surface area contributed by atoms with Crippen LogP contribution in [-0.2, 0) is 15.7 Å². The Balaban J connectivity index is 1.80. The van der Waals surface area contributed by atoms with E-state index in [9.17, 15) is 22.8 Å². The van der Waals surface area contributed by atoms with Crippen molar-refractivity contribution >= 4 is 11.8 Å². The highest BCUT2D eigenvalue weighted by atomic mass is 19.4. The van der Waals surface area contributed by atoms with Crippen molar-refractivity contribution in [1.29, 1.82) is 0 Å². The maximum atomic E-state index is 13.0. The molecule has 1 aromatic heterocycles. The number of aromatic nitrogens is 1. The van der Waals surface area contributed by atoms with Crippen LogP contribution in [0.15, 0.2) is 18.5 Å². The summed E-state index contributed by atoms with van der Waals surface area (Å²) < 4.78 is 44.4. The van der Waals surface area contributed by atoms with Gasteiger partial charge in [0.2, 0.25) is 5.91 Å². The molecule has 0 unspecified atom stereocenters. The van der Waals surface area contributed by atoms with Crippen molar-refractivity contribution in [3.05, 3.63) is 29.6 Å². The maximum absolute atomic E-state index is 13.0. The lowest BCUT2D eigenvalue weighted by molar-refractivity contribution is -0.139. The summed E-state index contributed by atoms with van der Waals surface area (Å²) in [6, 6.07) is 0.665. The standard InChI is InChI=1S/C14H14F3N3O3/c15-14(16,17)9-5-18-3-1-8(9)13(22)20-4-2-11-10(6-20)19-12(21)7-23-11/h1,3,5,10-11H,2,4,6-7H2,(H,19,21)/t10-,11-/m0/s1. The Hall–Kier alpha value is -2.16. The van der Waals surface area contributed by atoms with Crippen LogP contribution in [0.5, 0.6) is 0 Å². The number of carbonyl (C=O) groups excluding carboxylic acids is 2. The number of fused-ring (bicyclic) bond motifs is 1. The molecule has 3 rings (SSSR count). The number of nitrogens with zero attached hydrogens (tertiary/aromatic N) is 2. The van der Waals surface area contributed by atoms with Crippen LogP contribution < -0.4 is 5.32 Å². The van der Waals surface area contributed by atoms with Crippen molar-refractivity contribution in [3.63, 3.8) is 0 Å². The third-order valence-corrected chi connectivity index (χ3v) is 3.97. The molecule has 6 nitrogen and oxygen atoms in total. The summed E-state index contributed by atoms with van der Waals surface area (Å²) in [4.78, 5) is 28.6. The van der Waals surface area contributed by atoms with Crippen molar-refractivity contribution < 1.29 is 27.5 Å². The number of nitrogens with one attached hydrogen (secondary N) is 1. The fourth-order valence-corrected chi connectivity index (χ4v) is 2.86. The fourth-order valence-electron chi connectivity index (χ4n) is 2.86. The van der Waals surface area contributed by atoms with Crippen molar-refractivity contribution in [3.8, 4) is 0 Å². The SMILES string of the molecule is O=C1CO[C@H]2CCN(C(=O)c3ccncc3C(F)(F)F)C[C@@H]2N1. The molecule has 0 bridgehead atoms. The van der Waals surface area contributed by atoms with E-state index in [0.717, 1.165) is 12.3 Å². The van der Waals surface area contributed by atoms with Gasteiger partial charge in [-0.05, 0) is 12.5 Å². The van der Waals surface area contributed by atoms with Crippen LogP contribution in [0.1, 0.15) is 22.3 Å². The molecule has 2 saturated heterocycles. The second-order valence-corrected chi connectivity index (χ2v) is 5.48. The Morgan fingerprint density at radius 2 is 2.22 bits per heavy atom. The molecule has 0 spiro atoms. The molecule has 1 aromatic rings. The molecule has 0 aliphatic carbocycles. The van der Waals surface area contributed by atoms with Crippen molar-refractivity contribution in [1.82, 2.24) is 15.2 Å². The van der Waals surface area contributed by atoms with Gasteiger partial charge in [0.1, 0.15) is 6.61 Å². The van der Waals surface area contributed by atoms with E-state index < -0.39 is 29.3 Å². The molecule has 0 aromatic carbocycles. The van der Waals surface area contributed by atoms with E-state index in [1.165, 1.54) is 4.90 Å². The van der Waals surface area contributed by atoms with Crippen LogP contribution in [0, 0.1) is 0 Å². The first kappa shape index (κ1) is 15.7. The molecule has 3 heterocycles. The van der Waals surface area contributed by atoms with Gasteiger partial charge in [0.05, 0.1) is 23.3 Å². The number of likely N-dealkylation sites (tertiary alicyclic amines) is 1. The second-order valence-electron chi connectivity index (χ2n) is 5.48. The van der Waals surface area contributed by atoms with Crippen LogP contribution in [0.3, 0.4) is 0 Å². The van der Waals surface area contributed by atoms with Crippen LogP contribution in [-0.4, -0.2) is 53.5 Å². The number of ether oxygens (including phenoxy) is 1. The number of amides is 2. The largest absolute Gasteiger partial charge is 0.418 e. The van der Waals surface area contributed by atoms with Gasteiger partial charge < -0.3 is 15.0 Å². The predicted octanol–water partition coefficient (Wildman–Crippen LogP) is 0.830. The molecule has 2 amide bonds. The Kier molecular flexibility index (Phi) is 3.97. The number of piperidine rings is 1. The predicted molar refractivity (Wildman–Crippen MR) is 71.4 cm³/mol. The van der Waals surface area contributed by atoms with Crippen molar-refractivity contribution in [2.24, 2.45) is 0 Å². The van der Waals surface area contributed by atoms with Gasteiger partial charge in [-0.15, -0.1) is 0 Å². The summed E-state index contributed by atoms with van der Waals surface area (Å²) in [6.45, 7) is 0.363. The van der Waals surface area contributed by atoms with Crippen LogP contribution in [0.4, 0.5) is 13.2 Å². The van der Waals surface area contributed by atoms with Gasteiger partial charge in [0.25, 0.3) is 5.91 Å². The van der Waals surface area contributed by atoms with Crippen molar-refractivity contribution in [2.45, 2.75) is 24.7 Å². The third kappa shape index (κ3) is 3.14. The second kappa shape index (κ2) is 5.80. The molecular weight excluding hydrogens is 315 g/mol. The summed E-state index contributed by atoms with van der Waals surface area (Å²) in [5.74, 6) is -1.02. The van der Waals surface area contributed by atoms with E-state index in [2.05, 4.69) is 10.3 Å². The molecule has 124 valence electrons. The highest BCUT2D eigenvalue weighted by Crippen LogP contribution is 2.32. The van der Waals surface area contributed by atoms with E-state index in [-0.39, 0.29) is 31.7 Å². The average molecular weight is 329 g/mol.